The SMILES string of the molecule is CO[C@H]1OC[C@H](CCOCc2ccccc2)OC1O. The van der Waals surface area contributed by atoms with Crippen LogP contribution in [0.3, 0.4) is 0 Å². The van der Waals surface area contributed by atoms with E-state index in [2.05, 4.69) is 0 Å². The van der Waals surface area contributed by atoms with Crippen LogP contribution in [0.4, 0.5) is 0 Å². The molecule has 106 valence electrons. The van der Waals surface area contributed by atoms with Crippen LogP contribution in [0.1, 0.15) is 12.0 Å². The van der Waals surface area contributed by atoms with Gasteiger partial charge in [-0.1, -0.05) is 30.3 Å². The van der Waals surface area contributed by atoms with Crippen LogP contribution < -0.4 is 0 Å². The Morgan fingerprint density at radius 2 is 2.11 bits per heavy atom. The average molecular weight is 268 g/mol. The van der Waals surface area contributed by atoms with E-state index in [1.54, 1.807) is 0 Å². The van der Waals surface area contributed by atoms with Gasteiger partial charge in [0.25, 0.3) is 0 Å². The molecule has 0 bridgehead atoms. The van der Waals surface area contributed by atoms with Gasteiger partial charge in [0.05, 0.1) is 19.3 Å². The van der Waals surface area contributed by atoms with Gasteiger partial charge in [-0.3, -0.25) is 0 Å². The maximum atomic E-state index is 9.56. The highest BCUT2D eigenvalue weighted by atomic mass is 16.8. The summed E-state index contributed by atoms with van der Waals surface area (Å²) in [4.78, 5) is 0. The number of aliphatic hydroxyl groups excluding tert-OH is 1. The van der Waals surface area contributed by atoms with Crippen molar-refractivity contribution < 1.29 is 24.1 Å². The molecule has 1 saturated heterocycles. The standard InChI is InChI=1S/C14H20O5/c1-16-14-13(15)19-12(10-18-14)7-8-17-9-11-5-3-2-4-6-11/h2-6,12-15H,7-10H2,1H3/t12-,13?,14-/m0/s1. The zero-order valence-electron chi connectivity index (χ0n) is 11.0. The molecular weight excluding hydrogens is 248 g/mol. The smallest absolute Gasteiger partial charge is 0.209 e. The molecule has 1 N–H and O–H groups in total. The highest BCUT2D eigenvalue weighted by molar-refractivity contribution is 5.13. The van der Waals surface area contributed by atoms with E-state index in [-0.39, 0.29) is 6.10 Å². The predicted octanol–water partition coefficient (Wildman–Crippen LogP) is 1.30. The number of hydrogen-bond donors (Lipinski definition) is 1. The van der Waals surface area contributed by atoms with Crippen molar-refractivity contribution in [1.29, 1.82) is 0 Å². The number of rotatable bonds is 6. The minimum atomic E-state index is -1.03. The maximum absolute atomic E-state index is 9.56. The molecule has 0 aromatic heterocycles. The fraction of sp³-hybridized carbons (Fsp3) is 0.571. The molecule has 1 heterocycles. The Kier molecular flexibility index (Phi) is 5.75. The van der Waals surface area contributed by atoms with Crippen molar-refractivity contribution in [3.63, 3.8) is 0 Å². The maximum Gasteiger partial charge on any atom is 0.209 e. The molecule has 0 aliphatic carbocycles. The van der Waals surface area contributed by atoms with Crippen LogP contribution in [0.2, 0.25) is 0 Å². The van der Waals surface area contributed by atoms with E-state index in [9.17, 15) is 5.11 Å². The largest absolute Gasteiger partial charge is 0.377 e. The zero-order chi connectivity index (χ0) is 13.5. The van der Waals surface area contributed by atoms with Crippen LogP contribution in [0.5, 0.6) is 0 Å². The monoisotopic (exact) mass is 268 g/mol. The molecule has 19 heavy (non-hydrogen) atoms. The predicted molar refractivity (Wildman–Crippen MR) is 68.3 cm³/mol. The van der Waals surface area contributed by atoms with E-state index >= 15 is 0 Å². The summed E-state index contributed by atoms with van der Waals surface area (Å²) in [5.41, 5.74) is 1.14. The molecule has 1 aliphatic rings. The lowest BCUT2D eigenvalue weighted by atomic mass is 10.2. The molecule has 0 spiro atoms. The Labute approximate surface area is 113 Å². The first-order valence-corrected chi connectivity index (χ1v) is 6.39. The van der Waals surface area contributed by atoms with Gasteiger partial charge in [-0.05, 0) is 12.0 Å². The van der Waals surface area contributed by atoms with Crippen molar-refractivity contribution in [3.05, 3.63) is 35.9 Å². The molecule has 2 rings (SSSR count). The molecule has 1 aromatic rings. The molecule has 1 fully saturated rings. The van der Waals surface area contributed by atoms with Gasteiger partial charge in [0.2, 0.25) is 12.6 Å². The number of benzene rings is 1. The second kappa shape index (κ2) is 7.57. The molecule has 0 saturated carbocycles. The lowest BCUT2D eigenvalue weighted by Crippen LogP contribution is -2.44. The molecule has 0 amide bonds. The minimum absolute atomic E-state index is 0.155. The summed E-state index contributed by atoms with van der Waals surface area (Å²) < 4.78 is 21.2. The third kappa shape index (κ3) is 4.56. The molecule has 3 atom stereocenters. The van der Waals surface area contributed by atoms with Crippen LogP contribution in [0.25, 0.3) is 0 Å². The second-order valence-electron chi connectivity index (χ2n) is 4.41. The number of methoxy groups -OCH3 is 1. The fourth-order valence-corrected chi connectivity index (χ4v) is 1.90. The van der Waals surface area contributed by atoms with Crippen molar-refractivity contribution in [2.75, 3.05) is 20.3 Å². The highest BCUT2D eigenvalue weighted by Gasteiger charge is 2.30. The van der Waals surface area contributed by atoms with Gasteiger partial charge >= 0.3 is 0 Å². The number of hydrogen-bond acceptors (Lipinski definition) is 5. The topological polar surface area (TPSA) is 57.2 Å². The van der Waals surface area contributed by atoms with E-state index in [4.69, 9.17) is 18.9 Å². The van der Waals surface area contributed by atoms with Gasteiger partial charge < -0.3 is 24.1 Å². The van der Waals surface area contributed by atoms with Gasteiger partial charge in [-0.15, -0.1) is 0 Å². The van der Waals surface area contributed by atoms with Gasteiger partial charge in [0, 0.05) is 13.7 Å². The summed E-state index contributed by atoms with van der Waals surface area (Å²) in [5, 5.41) is 9.56. The summed E-state index contributed by atoms with van der Waals surface area (Å²) >= 11 is 0. The van der Waals surface area contributed by atoms with Crippen LogP contribution >= 0.6 is 0 Å². The van der Waals surface area contributed by atoms with E-state index in [1.807, 2.05) is 30.3 Å². The summed E-state index contributed by atoms with van der Waals surface area (Å²) in [6.45, 7) is 1.55. The first-order valence-electron chi connectivity index (χ1n) is 6.39. The lowest BCUT2D eigenvalue weighted by Gasteiger charge is -2.32. The van der Waals surface area contributed by atoms with Crippen LogP contribution in [-0.4, -0.2) is 44.1 Å². The Bertz CT molecular complexity index is 356. The van der Waals surface area contributed by atoms with Gasteiger partial charge in [-0.2, -0.15) is 0 Å². The summed E-state index contributed by atoms with van der Waals surface area (Å²) in [5.74, 6) is 0. The first kappa shape index (κ1) is 14.4. The number of aliphatic hydroxyl groups is 1. The van der Waals surface area contributed by atoms with Gasteiger partial charge in [0.1, 0.15) is 0 Å². The summed E-state index contributed by atoms with van der Waals surface area (Å²) in [7, 11) is 1.47. The fourth-order valence-electron chi connectivity index (χ4n) is 1.90. The molecule has 1 aliphatic heterocycles. The van der Waals surface area contributed by atoms with E-state index in [1.165, 1.54) is 7.11 Å². The molecule has 5 heteroatoms. The molecule has 0 radical (unpaired) electrons. The molecule has 1 aromatic carbocycles. The first-order chi connectivity index (χ1) is 9.29. The minimum Gasteiger partial charge on any atom is -0.377 e. The summed E-state index contributed by atoms with van der Waals surface area (Å²) in [6.07, 6.45) is -1.20. The lowest BCUT2D eigenvalue weighted by molar-refractivity contribution is -0.322. The van der Waals surface area contributed by atoms with E-state index < -0.39 is 12.6 Å². The Morgan fingerprint density at radius 1 is 1.32 bits per heavy atom. The van der Waals surface area contributed by atoms with Crippen LogP contribution in [0, 0.1) is 0 Å². The van der Waals surface area contributed by atoms with Gasteiger partial charge in [0.15, 0.2) is 0 Å². The molecule has 5 nitrogen and oxygen atoms in total. The quantitative estimate of drug-likeness (QED) is 0.788. The van der Waals surface area contributed by atoms with E-state index in [0.717, 1.165) is 5.56 Å². The number of ether oxygens (including phenoxy) is 4. The van der Waals surface area contributed by atoms with Gasteiger partial charge in [-0.25, -0.2) is 0 Å². The van der Waals surface area contributed by atoms with Crippen LogP contribution in [0.15, 0.2) is 30.3 Å². The third-order valence-electron chi connectivity index (χ3n) is 2.94. The van der Waals surface area contributed by atoms with Crippen molar-refractivity contribution in [2.24, 2.45) is 0 Å². The van der Waals surface area contributed by atoms with E-state index in [0.29, 0.717) is 26.2 Å². The Balaban J connectivity index is 1.61. The highest BCUT2D eigenvalue weighted by Crippen LogP contribution is 2.16. The van der Waals surface area contributed by atoms with Crippen LogP contribution in [-0.2, 0) is 25.6 Å². The zero-order valence-corrected chi connectivity index (χ0v) is 11.0. The Morgan fingerprint density at radius 3 is 2.79 bits per heavy atom. The van der Waals surface area contributed by atoms with Crippen molar-refractivity contribution >= 4 is 0 Å². The second-order valence-corrected chi connectivity index (χ2v) is 4.41. The summed E-state index contributed by atoms with van der Waals surface area (Å²) in [6, 6.07) is 9.99. The third-order valence-corrected chi connectivity index (χ3v) is 2.94. The average Bonchev–Trinajstić information content (AvgIpc) is 2.45. The molecular formula is C14H20O5. The normalized spacial score (nSPS) is 27.4. The van der Waals surface area contributed by atoms with Crippen molar-refractivity contribution in [3.8, 4) is 0 Å². The Hall–Kier alpha value is -0.980. The van der Waals surface area contributed by atoms with Crippen molar-refractivity contribution in [1.82, 2.24) is 0 Å². The molecule has 1 unspecified atom stereocenters. The van der Waals surface area contributed by atoms with Crippen molar-refractivity contribution in [2.45, 2.75) is 31.7 Å².